The van der Waals surface area contributed by atoms with E-state index in [1.165, 1.54) is 24.5 Å². The van der Waals surface area contributed by atoms with Crippen LogP contribution in [0.25, 0.3) is 5.65 Å². The molecule has 0 bridgehead atoms. The van der Waals surface area contributed by atoms with E-state index >= 15 is 0 Å². The zero-order valence-corrected chi connectivity index (χ0v) is 15.4. The Morgan fingerprint density at radius 1 is 1.00 bits per heavy atom. The van der Waals surface area contributed by atoms with Crippen LogP contribution in [0.2, 0.25) is 0 Å². The van der Waals surface area contributed by atoms with Gasteiger partial charge in [0.1, 0.15) is 30.3 Å². The molecule has 146 valence electrons. The van der Waals surface area contributed by atoms with Crippen LogP contribution in [-0.4, -0.2) is 20.4 Å². The van der Waals surface area contributed by atoms with Gasteiger partial charge in [0.05, 0.1) is 0 Å². The summed E-state index contributed by atoms with van der Waals surface area (Å²) in [5.41, 5.74) is 1.93. The fourth-order valence-corrected chi connectivity index (χ4v) is 2.99. The van der Waals surface area contributed by atoms with Crippen LogP contribution < -0.4 is 4.74 Å². The number of hydrogen-bond donors (Lipinski definition) is 0. The largest absolute Gasteiger partial charge is 0.489 e. The fraction of sp³-hybridized carbons (Fsp3) is 0.136. The Hall–Kier alpha value is -3.61. The number of pyridine rings is 1. The number of ether oxygens (including phenoxy) is 1. The summed E-state index contributed by atoms with van der Waals surface area (Å²) >= 11 is 0. The zero-order chi connectivity index (χ0) is 20.2. The lowest BCUT2D eigenvalue weighted by molar-refractivity contribution is 0.0982. The van der Waals surface area contributed by atoms with Crippen LogP contribution >= 0.6 is 0 Å². The van der Waals surface area contributed by atoms with E-state index in [0.29, 0.717) is 28.1 Å². The van der Waals surface area contributed by atoms with E-state index < -0.39 is 5.82 Å². The van der Waals surface area contributed by atoms with E-state index in [1.807, 2.05) is 0 Å². The molecule has 4 rings (SSSR count). The van der Waals surface area contributed by atoms with Crippen LogP contribution in [0.1, 0.15) is 27.9 Å². The van der Waals surface area contributed by atoms with Gasteiger partial charge in [0.25, 0.3) is 0 Å². The normalized spacial score (nSPS) is 11.0. The van der Waals surface area contributed by atoms with Crippen molar-refractivity contribution in [3.05, 3.63) is 95.4 Å². The third-order valence-electron chi connectivity index (χ3n) is 4.60. The van der Waals surface area contributed by atoms with Gasteiger partial charge in [-0.15, -0.1) is 10.2 Å². The molecule has 0 aliphatic rings. The first-order valence-electron chi connectivity index (χ1n) is 9.07. The van der Waals surface area contributed by atoms with Crippen molar-refractivity contribution in [3.8, 4) is 5.75 Å². The van der Waals surface area contributed by atoms with Crippen LogP contribution in [0.5, 0.6) is 5.75 Å². The van der Waals surface area contributed by atoms with Crippen LogP contribution in [0.15, 0.2) is 67.1 Å². The van der Waals surface area contributed by atoms with E-state index in [-0.39, 0.29) is 31.0 Å². The number of fused-ring (bicyclic) bond motifs is 1. The average molecular weight is 393 g/mol. The summed E-state index contributed by atoms with van der Waals surface area (Å²) < 4.78 is 35.1. The van der Waals surface area contributed by atoms with Crippen molar-refractivity contribution in [1.82, 2.24) is 14.6 Å². The van der Waals surface area contributed by atoms with Crippen LogP contribution in [0, 0.1) is 11.6 Å². The molecule has 2 aromatic carbocycles. The van der Waals surface area contributed by atoms with Gasteiger partial charge in [0.15, 0.2) is 11.4 Å². The van der Waals surface area contributed by atoms with Crippen molar-refractivity contribution < 1.29 is 18.3 Å². The van der Waals surface area contributed by atoms with Gasteiger partial charge in [-0.25, -0.2) is 8.78 Å². The molecule has 0 spiro atoms. The molecule has 7 heteroatoms. The lowest BCUT2D eigenvalue weighted by Gasteiger charge is -2.10. The van der Waals surface area contributed by atoms with Gasteiger partial charge >= 0.3 is 0 Å². The van der Waals surface area contributed by atoms with Gasteiger partial charge in [-0.2, -0.15) is 0 Å². The van der Waals surface area contributed by atoms with Crippen LogP contribution in [0.4, 0.5) is 8.78 Å². The van der Waals surface area contributed by atoms with E-state index in [2.05, 4.69) is 10.2 Å². The highest BCUT2D eigenvalue weighted by Crippen LogP contribution is 2.21. The third-order valence-corrected chi connectivity index (χ3v) is 4.60. The molecule has 0 radical (unpaired) electrons. The molecule has 0 N–H and O–H groups in total. The minimum Gasteiger partial charge on any atom is -0.489 e. The summed E-state index contributed by atoms with van der Waals surface area (Å²) in [5, 5.41) is 7.67. The first-order chi connectivity index (χ1) is 14.1. The molecular formula is C22H17F2N3O2. The number of aromatic nitrogens is 3. The fourth-order valence-electron chi connectivity index (χ4n) is 2.99. The number of Topliss-reactive ketones (excluding diaryl/α,β-unsaturated/α-hetero) is 1. The number of aryl methyl sites for hydroxylation is 1. The second-order valence-electron chi connectivity index (χ2n) is 6.57. The molecule has 0 aliphatic heterocycles. The van der Waals surface area contributed by atoms with Gasteiger partial charge in [0.2, 0.25) is 0 Å². The van der Waals surface area contributed by atoms with E-state index in [1.54, 1.807) is 47.0 Å². The number of carbonyl (C=O) groups excluding carboxylic acids is 1. The van der Waals surface area contributed by atoms with Crippen molar-refractivity contribution in [2.24, 2.45) is 0 Å². The summed E-state index contributed by atoms with van der Waals surface area (Å²) in [6, 6.07) is 14.0. The molecular weight excluding hydrogens is 376 g/mol. The molecule has 4 aromatic rings. The first kappa shape index (κ1) is 18.7. The number of halogens is 2. The minimum absolute atomic E-state index is 0.0373. The molecule has 0 fully saturated rings. The lowest BCUT2D eigenvalue weighted by Crippen LogP contribution is -2.04. The Bertz CT molecular complexity index is 1170. The van der Waals surface area contributed by atoms with Gasteiger partial charge in [-0.05, 0) is 48.4 Å². The van der Waals surface area contributed by atoms with Crippen molar-refractivity contribution in [2.75, 3.05) is 0 Å². The molecule has 0 saturated heterocycles. The monoisotopic (exact) mass is 393 g/mol. The SMILES string of the molecule is O=C(CCc1cc(OCc2ccccc2F)ccc1F)c1ccc2nncn2c1. The van der Waals surface area contributed by atoms with Crippen molar-refractivity contribution in [3.63, 3.8) is 0 Å². The quantitative estimate of drug-likeness (QED) is 0.437. The smallest absolute Gasteiger partial charge is 0.164 e. The maximum absolute atomic E-state index is 14.2. The number of ketones is 1. The summed E-state index contributed by atoms with van der Waals surface area (Å²) in [6.07, 6.45) is 3.53. The van der Waals surface area contributed by atoms with Crippen molar-refractivity contribution >= 4 is 11.4 Å². The van der Waals surface area contributed by atoms with Gasteiger partial charge in [-0.1, -0.05) is 18.2 Å². The molecule has 0 saturated carbocycles. The Kier molecular flexibility index (Phi) is 5.29. The minimum atomic E-state index is -0.412. The highest BCUT2D eigenvalue weighted by Gasteiger charge is 2.11. The Labute approximate surface area is 165 Å². The predicted octanol–water partition coefficient (Wildman–Crippen LogP) is 4.40. The zero-order valence-electron chi connectivity index (χ0n) is 15.4. The van der Waals surface area contributed by atoms with Crippen LogP contribution in [0.3, 0.4) is 0 Å². The maximum atomic E-state index is 14.2. The predicted molar refractivity (Wildman–Crippen MR) is 103 cm³/mol. The molecule has 5 nitrogen and oxygen atoms in total. The van der Waals surface area contributed by atoms with Crippen molar-refractivity contribution in [2.45, 2.75) is 19.4 Å². The summed E-state index contributed by atoms with van der Waals surface area (Å²) in [5.74, 6) is -0.462. The molecule has 0 unspecified atom stereocenters. The van der Waals surface area contributed by atoms with Crippen LogP contribution in [-0.2, 0) is 13.0 Å². The molecule has 0 aliphatic carbocycles. The Morgan fingerprint density at radius 3 is 2.69 bits per heavy atom. The average Bonchev–Trinajstić information content (AvgIpc) is 3.21. The van der Waals surface area contributed by atoms with E-state index in [4.69, 9.17) is 4.74 Å². The Balaban J connectivity index is 1.42. The molecule has 2 heterocycles. The molecule has 0 atom stereocenters. The molecule has 29 heavy (non-hydrogen) atoms. The van der Waals surface area contributed by atoms with Gasteiger partial charge in [-0.3, -0.25) is 9.20 Å². The standard InChI is InChI=1S/C22H17F2N3O2/c23-19-4-2-1-3-17(19)13-29-18-7-8-20(24)15(11-18)5-9-21(28)16-6-10-22-26-25-14-27(22)12-16/h1-4,6-8,10-12,14H,5,9,13H2. The number of hydrogen-bond acceptors (Lipinski definition) is 4. The number of rotatable bonds is 7. The maximum Gasteiger partial charge on any atom is 0.164 e. The highest BCUT2D eigenvalue weighted by atomic mass is 19.1. The first-order valence-corrected chi connectivity index (χ1v) is 9.07. The van der Waals surface area contributed by atoms with Gasteiger partial charge < -0.3 is 4.74 Å². The number of carbonyl (C=O) groups is 1. The lowest BCUT2D eigenvalue weighted by atomic mass is 10.0. The topological polar surface area (TPSA) is 56.5 Å². The summed E-state index contributed by atoms with van der Waals surface area (Å²) in [4.78, 5) is 12.5. The Morgan fingerprint density at radius 2 is 1.83 bits per heavy atom. The van der Waals surface area contributed by atoms with E-state index in [0.717, 1.165) is 0 Å². The van der Waals surface area contributed by atoms with E-state index in [9.17, 15) is 13.6 Å². The highest BCUT2D eigenvalue weighted by molar-refractivity contribution is 5.96. The molecule has 2 aromatic heterocycles. The molecule has 0 amide bonds. The second kappa shape index (κ2) is 8.18. The summed E-state index contributed by atoms with van der Waals surface area (Å²) in [7, 11) is 0. The third kappa shape index (κ3) is 4.29. The van der Waals surface area contributed by atoms with Gasteiger partial charge in [0, 0.05) is 23.7 Å². The second-order valence-corrected chi connectivity index (χ2v) is 6.57. The summed E-state index contributed by atoms with van der Waals surface area (Å²) in [6.45, 7) is 0.0373. The van der Waals surface area contributed by atoms with Crippen molar-refractivity contribution in [1.29, 1.82) is 0 Å². The number of benzene rings is 2. The number of nitrogens with zero attached hydrogens (tertiary/aromatic N) is 3.